The molecular formula is C4H10ClKO4P. The Hall–Kier alpha value is 2.04. The van der Waals surface area contributed by atoms with Gasteiger partial charge in [0.1, 0.15) is 0 Å². The van der Waals surface area contributed by atoms with E-state index in [1.165, 1.54) is 0 Å². The zero-order chi connectivity index (χ0) is 8.62. The maximum atomic E-state index is 8.77. The smallest absolute Gasteiger partial charge is 0.756 e. The van der Waals surface area contributed by atoms with E-state index < -0.39 is 7.82 Å². The normalized spacial score (nSPS) is 9.18. The van der Waals surface area contributed by atoms with E-state index in [0.717, 1.165) is 12.3 Å². The first-order valence-electron chi connectivity index (χ1n) is 2.52. The van der Waals surface area contributed by atoms with Crippen molar-refractivity contribution >= 4 is 19.4 Å². The summed E-state index contributed by atoms with van der Waals surface area (Å²) in [5.41, 5.74) is 0. The van der Waals surface area contributed by atoms with Crippen molar-refractivity contribution in [3.63, 3.8) is 0 Å². The number of halogens is 1. The van der Waals surface area contributed by atoms with Crippen LogP contribution in [0, 0.1) is 6.42 Å². The van der Waals surface area contributed by atoms with E-state index in [0.29, 0.717) is 0 Å². The van der Waals surface area contributed by atoms with Crippen LogP contribution in [0.4, 0.5) is 0 Å². The molecule has 63 valence electrons. The third-order valence-electron chi connectivity index (χ3n) is 0.398. The van der Waals surface area contributed by atoms with Gasteiger partial charge in [0, 0.05) is 5.88 Å². The molecule has 11 heavy (non-hydrogen) atoms. The second-order valence-corrected chi connectivity index (χ2v) is 2.74. The summed E-state index contributed by atoms with van der Waals surface area (Å²) in [7, 11) is -4.89. The number of unbranched alkanes of at least 4 members (excludes halogenated alkanes) is 1. The van der Waals surface area contributed by atoms with Gasteiger partial charge in [-0.05, 0) is 12.8 Å². The third-order valence-corrected chi connectivity index (χ3v) is 0.616. The maximum Gasteiger partial charge on any atom is 1.00 e. The van der Waals surface area contributed by atoms with Crippen molar-refractivity contribution in [3.05, 3.63) is 6.42 Å². The van der Waals surface area contributed by atoms with E-state index in [9.17, 15) is 0 Å². The molecule has 0 aliphatic rings. The third kappa shape index (κ3) is 74.4. The van der Waals surface area contributed by atoms with Crippen LogP contribution in [-0.4, -0.2) is 15.7 Å². The zero-order valence-electron chi connectivity index (χ0n) is 6.53. The van der Waals surface area contributed by atoms with Crippen LogP contribution in [0.15, 0.2) is 0 Å². The topological polar surface area (TPSA) is 80.6 Å². The Bertz CT molecular complexity index is 96.0. The fourth-order valence-corrected chi connectivity index (χ4v) is 0.327. The summed E-state index contributed by atoms with van der Waals surface area (Å²) in [5, 5.41) is 0. The fourth-order valence-electron chi connectivity index (χ4n) is 0.109. The number of alkyl halides is 1. The van der Waals surface area contributed by atoms with E-state index in [-0.39, 0.29) is 51.4 Å². The average molecular weight is 228 g/mol. The van der Waals surface area contributed by atoms with E-state index in [1.807, 2.05) is 13.3 Å². The SMILES string of the molecule is C[CH]CCCl.O=P([O-])(O)O.[K+]. The molecule has 0 fully saturated rings. The van der Waals surface area contributed by atoms with Gasteiger partial charge in [0.2, 0.25) is 0 Å². The quantitative estimate of drug-likeness (QED) is 0.305. The first kappa shape index (κ1) is 18.7. The van der Waals surface area contributed by atoms with Gasteiger partial charge in [0.25, 0.3) is 7.82 Å². The standard InChI is InChI=1S/C4H8Cl.K.H3O4P/c1-2-3-4-5;;1-5(2,3)4/h2H,3-4H2,1H3;;(H3,1,2,3,4)/q;+1;/p-1. The minimum atomic E-state index is -4.89. The van der Waals surface area contributed by atoms with Crippen LogP contribution < -0.4 is 56.3 Å². The Balaban J connectivity index is -0.000000107. The Kier molecular flexibility index (Phi) is 20.5. The molecule has 4 nitrogen and oxygen atoms in total. The minimum absolute atomic E-state index is 0. The molecule has 1 radical (unpaired) electrons. The fraction of sp³-hybridized carbons (Fsp3) is 0.750. The summed E-state index contributed by atoms with van der Waals surface area (Å²) >= 11 is 5.27. The predicted molar refractivity (Wildman–Crippen MR) is 37.4 cm³/mol. The molecule has 0 aromatic rings. The van der Waals surface area contributed by atoms with E-state index >= 15 is 0 Å². The summed E-state index contributed by atoms with van der Waals surface area (Å²) in [5.74, 6) is 0.760. The maximum absolute atomic E-state index is 8.77. The number of phosphoric acid groups is 1. The molecule has 0 amide bonds. The summed E-state index contributed by atoms with van der Waals surface area (Å²) in [6.07, 6.45) is 3.08. The Labute approximate surface area is 114 Å². The van der Waals surface area contributed by atoms with Crippen LogP contribution in [-0.2, 0) is 4.57 Å². The second kappa shape index (κ2) is 12.0. The summed E-state index contributed by atoms with van der Waals surface area (Å²) in [4.78, 5) is 22.9. The molecule has 0 heterocycles. The molecule has 0 bridgehead atoms. The van der Waals surface area contributed by atoms with E-state index in [1.54, 1.807) is 0 Å². The molecular weight excluding hydrogens is 218 g/mol. The van der Waals surface area contributed by atoms with Crippen LogP contribution >= 0.6 is 19.4 Å². The molecule has 0 spiro atoms. The molecule has 0 unspecified atom stereocenters. The largest absolute Gasteiger partial charge is 1.00 e. The Morgan fingerprint density at radius 2 is 1.91 bits per heavy atom. The molecule has 0 aliphatic carbocycles. The Morgan fingerprint density at radius 1 is 1.64 bits per heavy atom. The van der Waals surface area contributed by atoms with E-state index in [2.05, 4.69) is 0 Å². The van der Waals surface area contributed by atoms with Crippen LogP contribution in [0.2, 0.25) is 0 Å². The predicted octanol–water partition coefficient (Wildman–Crippen LogP) is -2.72. The minimum Gasteiger partial charge on any atom is -0.756 e. The van der Waals surface area contributed by atoms with Crippen molar-refractivity contribution in [2.24, 2.45) is 0 Å². The molecule has 2 N–H and O–H groups in total. The molecule has 0 saturated carbocycles. The van der Waals surface area contributed by atoms with Gasteiger partial charge in [-0.25, -0.2) is 0 Å². The Morgan fingerprint density at radius 3 is 1.91 bits per heavy atom. The van der Waals surface area contributed by atoms with Gasteiger partial charge in [-0.15, -0.1) is 11.6 Å². The van der Waals surface area contributed by atoms with Crippen molar-refractivity contribution in [2.75, 3.05) is 5.88 Å². The van der Waals surface area contributed by atoms with Crippen molar-refractivity contribution in [2.45, 2.75) is 13.3 Å². The monoisotopic (exact) mass is 227 g/mol. The van der Waals surface area contributed by atoms with Gasteiger partial charge < -0.3 is 14.7 Å². The summed E-state index contributed by atoms with van der Waals surface area (Å²) in [6, 6.07) is 0. The van der Waals surface area contributed by atoms with Gasteiger partial charge >= 0.3 is 51.4 Å². The molecule has 0 atom stereocenters. The summed E-state index contributed by atoms with van der Waals surface area (Å²) in [6.45, 7) is 2.00. The molecule has 0 aromatic heterocycles. The second-order valence-electron chi connectivity index (χ2n) is 1.38. The average Bonchev–Trinajstić information content (AvgIpc) is 1.63. The van der Waals surface area contributed by atoms with Crippen molar-refractivity contribution in [3.8, 4) is 0 Å². The molecule has 0 aliphatic heterocycles. The van der Waals surface area contributed by atoms with Crippen molar-refractivity contribution < 1.29 is 70.6 Å². The number of rotatable bonds is 2. The van der Waals surface area contributed by atoms with Crippen molar-refractivity contribution in [1.29, 1.82) is 0 Å². The first-order chi connectivity index (χ1) is 4.41. The van der Waals surface area contributed by atoms with Gasteiger partial charge in [0.05, 0.1) is 0 Å². The molecule has 0 rings (SSSR count). The van der Waals surface area contributed by atoms with Gasteiger partial charge in [-0.3, -0.25) is 4.57 Å². The van der Waals surface area contributed by atoms with Gasteiger partial charge in [-0.1, -0.05) is 6.92 Å². The number of hydrogen-bond donors (Lipinski definition) is 2. The van der Waals surface area contributed by atoms with Crippen LogP contribution in [0.3, 0.4) is 0 Å². The molecule has 0 aromatic carbocycles. The summed E-state index contributed by atoms with van der Waals surface area (Å²) < 4.78 is 8.77. The van der Waals surface area contributed by atoms with E-state index in [4.69, 9.17) is 30.8 Å². The van der Waals surface area contributed by atoms with Crippen LogP contribution in [0.1, 0.15) is 13.3 Å². The van der Waals surface area contributed by atoms with Gasteiger partial charge in [-0.2, -0.15) is 0 Å². The zero-order valence-corrected chi connectivity index (χ0v) is 11.3. The molecule has 7 heteroatoms. The van der Waals surface area contributed by atoms with Crippen molar-refractivity contribution in [1.82, 2.24) is 0 Å². The van der Waals surface area contributed by atoms with Crippen LogP contribution in [0.25, 0.3) is 0 Å². The first-order valence-corrected chi connectivity index (χ1v) is 4.58. The van der Waals surface area contributed by atoms with Gasteiger partial charge in [0.15, 0.2) is 0 Å². The number of hydrogen-bond acceptors (Lipinski definition) is 2. The van der Waals surface area contributed by atoms with Crippen LogP contribution in [0.5, 0.6) is 0 Å². The molecule has 0 saturated heterocycles.